The largest absolute Gasteiger partial charge is 0.436 e. The highest BCUT2D eigenvalue weighted by Gasteiger charge is 2.10. The molecule has 1 N–H and O–H groups in total. The highest BCUT2D eigenvalue weighted by atomic mass is 16.3. The van der Waals surface area contributed by atoms with Crippen LogP contribution in [0.4, 0.5) is 5.69 Å². The van der Waals surface area contributed by atoms with Gasteiger partial charge in [-0.3, -0.25) is 4.79 Å². The Morgan fingerprint density at radius 3 is 2.03 bits per heavy atom. The molecule has 1 amide bonds. The molecule has 144 valence electrons. The second-order valence-electron chi connectivity index (χ2n) is 6.96. The molecule has 0 unspecified atom stereocenters. The lowest BCUT2D eigenvalue weighted by Gasteiger charge is -2.07. The van der Waals surface area contributed by atoms with Gasteiger partial charge in [-0.1, -0.05) is 54.6 Å². The van der Waals surface area contributed by atoms with Gasteiger partial charge in [0, 0.05) is 16.8 Å². The first-order chi connectivity index (χ1) is 14.8. The number of anilines is 1. The van der Waals surface area contributed by atoms with Gasteiger partial charge in [-0.25, -0.2) is 4.98 Å². The van der Waals surface area contributed by atoms with Crippen molar-refractivity contribution < 1.29 is 9.21 Å². The topological polar surface area (TPSA) is 55.1 Å². The molecule has 4 nitrogen and oxygen atoms in total. The predicted molar refractivity (Wildman–Crippen MR) is 119 cm³/mol. The molecule has 30 heavy (non-hydrogen) atoms. The van der Waals surface area contributed by atoms with E-state index in [0.717, 1.165) is 27.8 Å². The fraction of sp³-hybridized carbons (Fsp3) is 0. The van der Waals surface area contributed by atoms with Crippen molar-refractivity contribution in [3.63, 3.8) is 0 Å². The molecule has 0 fully saturated rings. The molecular weight excluding hydrogens is 372 g/mol. The minimum atomic E-state index is -0.149. The van der Waals surface area contributed by atoms with Crippen molar-refractivity contribution >= 4 is 22.7 Å². The van der Waals surface area contributed by atoms with E-state index in [9.17, 15) is 4.79 Å². The van der Waals surface area contributed by atoms with Crippen molar-refractivity contribution in [1.82, 2.24) is 4.98 Å². The summed E-state index contributed by atoms with van der Waals surface area (Å²) in [5, 5.41) is 2.93. The second-order valence-corrected chi connectivity index (χ2v) is 6.96. The van der Waals surface area contributed by atoms with Gasteiger partial charge < -0.3 is 9.73 Å². The Kier molecular flexibility index (Phi) is 4.58. The Labute approximate surface area is 173 Å². The van der Waals surface area contributed by atoms with Crippen LogP contribution in [0.2, 0.25) is 0 Å². The molecule has 0 saturated carbocycles. The summed E-state index contributed by atoms with van der Waals surface area (Å²) in [4.78, 5) is 17.1. The number of rotatable bonds is 4. The Morgan fingerprint density at radius 2 is 1.30 bits per heavy atom. The zero-order valence-electron chi connectivity index (χ0n) is 16.1. The van der Waals surface area contributed by atoms with Crippen LogP contribution < -0.4 is 5.32 Å². The average Bonchev–Trinajstić information content (AvgIpc) is 3.25. The number of aromatic nitrogens is 1. The van der Waals surface area contributed by atoms with E-state index in [1.165, 1.54) is 0 Å². The summed E-state index contributed by atoms with van der Waals surface area (Å²) in [5.41, 5.74) is 5.96. The van der Waals surface area contributed by atoms with E-state index >= 15 is 0 Å². The third-order valence-corrected chi connectivity index (χ3v) is 4.94. The van der Waals surface area contributed by atoms with E-state index in [2.05, 4.69) is 10.3 Å². The van der Waals surface area contributed by atoms with Gasteiger partial charge in [-0.05, 0) is 59.7 Å². The standard InChI is InChI=1S/C26H18N2O2/c29-25(20-12-10-19(11-13-20)18-6-2-1-3-7-18)27-22-16-14-21(15-17-22)26-28-23-8-4-5-9-24(23)30-26/h1-17H,(H,27,29). The molecule has 1 aromatic heterocycles. The molecule has 0 saturated heterocycles. The van der Waals surface area contributed by atoms with Gasteiger partial charge >= 0.3 is 0 Å². The van der Waals surface area contributed by atoms with Gasteiger partial charge in [-0.2, -0.15) is 0 Å². The van der Waals surface area contributed by atoms with Crippen LogP contribution in [0.1, 0.15) is 10.4 Å². The summed E-state index contributed by atoms with van der Waals surface area (Å²) >= 11 is 0. The molecule has 5 rings (SSSR count). The molecule has 4 aromatic carbocycles. The van der Waals surface area contributed by atoms with Crippen LogP contribution >= 0.6 is 0 Å². The minimum Gasteiger partial charge on any atom is -0.436 e. The quantitative estimate of drug-likeness (QED) is 0.385. The lowest BCUT2D eigenvalue weighted by molar-refractivity contribution is 0.102. The maximum atomic E-state index is 12.6. The molecule has 0 atom stereocenters. The van der Waals surface area contributed by atoms with Gasteiger partial charge in [0.2, 0.25) is 5.89 Å². The number of nitrogens with zero attached hydrogens (tertiary/aromatic N) is 1. The number of benzene rings is 4. The van der Waals surface area contributed by atoms with Gasteiger partial charge in [0.15, 0.2) is 5.58 Å². The fourth-order valence-corrected chi connectivity index (χ4v) is 3.34. The van der Waals surface area contributed by atoms with E-state index in [-0.39, 0.29) is 5.91 Å². The highest BCUT2D eigenvalue weighted by molar-refractivity contribution is 6.04. The third-order valence-electron chi connectivity index (χ3n) is 4.94. The normalized spacial score (nSPS) is 10.8. The third kappa shape index (κ3) is 3.59. The number of fused-ring (bicyclic) bond motifs is 1. The molecule has 0 spiro atoms. The van der Waals surface area contributed by atoms with Crippen molar-refractivity contribution in [2.45, 2.75) is 0 Å². The Bertz CT molecular complexity index is 1270. The van der Waals surface area contributed by atoms with Gasteiger partial charge in [0.25, 0.3) is 5.91 Å². The summed E-state index contributed by atoms with van der Waals surface area (Å²) in [7, 11) is 0. The number of hydrogen-bond donors (Lipinski definition) is 1. The molecule has 0 radical (unpaired) electrons. The average molecular weight is 390 g/mol. The molecule has 5 aromatic rings. The van der Waals surface area contributed by atoms with Crippen molar-refractivity contribution in [1.29, 1.82) is 0 Å². The van der Waals surface area contributed by atoms with Crippen LogP contribution in [0.5, 0.6) is 0 Å². The maximum absolute atomic E-state index is 12.6. The van der Waals surface area contributed by atoms with Gasteiger partial charge in [0.05, 0.1) is 0 Å². The first-order valence-electron chi connectivity index (χ1n) is 9.69. The monoisotopic (exact) mass is 390 g/mol. The SMILES string of the molecule is O=C(Nc1ccc(-c2nc3ccccc3o2)cc1)c1ccc(-c2ccccc2)cc1. The summed E-state index contributed by atoms with van der Waals surface area (Å²) < 4.78 is 5.79. The Morgan fingerprint density at radius 1 is 0.667 bits per heavy atom. The smallest absolute Gasteiger partial charge is 0.255 e. The molecular formula is C26H18N2O2. The number of carbonyl (C=O) groups excluding carboxylic acids is 1. The Balaban J connectivity index is 1.30. The lowest BCUT2D eigenvalue weighted by atomic mass is 10.0. The van der Waals surface area contributed by atoms with E-state index in [1.807, 2.05) is 103 Å². The van der Waals surface area contributed by atoms with Gasteiger partial charge in [0.1, 0.15) is 5.52 Å². The molecule has 0 aliphatic rings. The molecule has 0 bridgehead atoms. The van der Waals surface area contributed by atoms with Crippen LogP contribution in [0.3, 0.4) is 0 Å². The first kappa shape index (κ1) is 17.9. The van der Waals surface area contributed by atoms with Crippen molar-refractivity contribution in [3.05, 3.63) is 109 Å². The predicted octanol–water partition coefficient (Wildman–Crippen LogP) is 6.41. The van der Waals surface area contributed by atoms with E-state index in [4.69, 9.17) is 4.42 Å². The second kappa shape index (κ2) is 7.68. The van der Waals surface area contributed by atoms with E-state index in [1.54, 1.807) is 0 Å². The highest BCUT2D eigenvalue weighted by Crippen LogP contribution is 2.25. The Hall–Kier alpha value is -4.18. The molecule has 4 heteroatoms. The summed E-state index contributed by atoms with van der Waals surface area (Å²) in [6.07, 6.45) is 0. The number of nitrogens with one attached hydrogen (secondary N) is 1. The number of hydrogen-bond acceptors (Lipinski definition) is 3. The summed E-state index contributed by atoms with van der Waals surface area (Å²) in [5.74, 6) is 0.412. The summed E-state index contributed by atoms with van der Waals surface area (Å²) in [6, 6.07) is 32.8. The number of oxazole rings is 1. The number of carbonyl (C=O) groups is 1. The van der Waals surface area contributed by atoms with Gasteiger partial charge in [-0.15, -0.1) is 0 Å². The zero-order valence-corrected chi connectivity index (χ0v) is 16.1. The molecule has 0 aliphatic carbocycles. The van der Waals surface area contributed by atoms with Crippen LogP contribution in [0.15, 0.2) is 108 Å². The molecule has 0 aliphatic heterocycles. The van der Waals surface area contributed by atoms with Crippen molar-refractivity contribution in [3.8, 4) is 22.6 Å². The van der Waals surface area contributed by atoms with Crippen molar-refractivity contribution in [2.75, 3.05) is 5.32 Å². The number of amides is 1. The summed E-state index contributed by atoms with van der Waals surface area (Å²) in [6.45, 7) is 0. The fourth-order valence-electron chi connectivity index (χ4n) is 3.34. The van der Waals surface area contributed by atoms with Crippen molar-refractivity contribution in [2.24, 2.45) is 0 Å². The molecule has 1 heterocycles. The minimum absolute atomic E-state index is 0.149. The van der Waals surface area contributed by atoms with Crippen LogP contribution in [-0.2, 0) is 0 Å². The van der Waals surface area contributed by atoms with E-state index in [0.29, 0.717) is 17.1 Å². The number of para-hydroxylation sites is 2. The van der Waals surface area contributed by atoms with Crippen LogP contribution in [0.25, 0.3) is 33.7 Å². The lowest BCUT2D eigenvalue weighted by Crippen LogP contribution is -2.11. The zero-order chi connectivity index (χ0) is 20.3. The maximum Gasteiger partial charge on any atom is 0.255 e. The van der Waals surface area contributed by atoms with Crippen LogP contribution in [-0.4, -0.2) is 10.9 Å². The van der Waals surface area contributed by atoms with Crippen LogP contribution in [0, 0.1) is 0 Å². The van der Waals surface area contributed by atoms with E-state index < -0.39 is 0 Å². The first-order valence-corrected chi connectivity index (χ1v) is 9.69.